The van der Waals surface area contributed by atoms with E-state index in [0.717, 1.165) is 38.5 Å². The molecule has 35 heavy (non-hydrogen) atoms. The molecular weight excluding hydrogens is 440 g/mol. The van der Waals surface area contributed by atoms with Gasteiger partial charge in [-0.3, -0.25) is 4.79 Å². The summed E-state index contributed by atoms with van der Waals surface area (Å²) >= 11 is 0. The molecule has 2 amide bonds. The molecule has 6 heteroatoms. The Morgan fingerprint density at radius 1 is 1.14 bits per heavy atom. The Kier molecular flexibility index (Phi) is 9.17. The van der Waals surface area contributed by atoms with Crippen molar-refractivity contribution in [3.05, 3.63) is 61.2 Å². The molecule has 0 unspecified atom stereocenters. The van der Waals surface area contributed by atoms with E-state index < -0.39 is 11.1 Å². The molecule has 1 aromatic rings. The zero-order valence-corrected chi connectivity index (χ0v) is 21.6. The first kappa shape index (κ1) is 27.0. The highest BCUT2D eigenvalue weighted by atomic mass is 16.6. The second kappa shape index (κ2) is 11.9. The van der Waals surface area contributed by atoms with Crippen molar-refractivity contribution >= 4 is 12.0 Å². The van der Waals surface area contributed by atoms with Crippen molar-refractivity contribution < 1.29 is 19.1 Å². The van der Waals surface area contributed by atoms with E-state index in [0.29, 0.717) is 25.5 Å². The molecule has 1 heterocycles. The zero-order valence-electron chi connectivity index (χ0n) is 21.6. The Morgan fingerprint density at radius 3 is 2.43 bits per heavy atom. The summed E-state index contributed by atoms with van der Waals surface area (Å²) in [6.45, 7) is 14.0. The van der Waals surface area contributed by atoms with Crippen LogP contribution < -0.4 is 5.32 Å². The molecule has 1 saturated carbocycles. The van der Waals surface area contributed by atoms with Gasteiger partial charge in [0.1, 0.15) is 5.60 Å². The lowest BCUT2D eigenvalue weighted by atomic mass is 9.78. The van der Waals surface area contributed by atoms with Crippen LogP contribution in [0.1, 0.15) is 77.2 Å². The molecule has 2 fully saturated rings. The van der Waals surface area contributed by atoms with Crippen molar-refractivity contribution in [1.29, 1.82) is 0 Å². The first-order valence-electron chi connectivity index (χ1n) is 12.9. The number of ether oxygens (including phenoxy) is 2. The maximum atomic E-state index is 13.2. The van der Waals surface area contributed by atoms with Gasteiger partial charge in [-0.2, -0.15) is 0 Å². The molecule has 1 aromatic carbocycles. The number of likely N-dealkylation sites (tertiary alicyclic amines) is 1. The van der Waals surface area contributed by atoms with Crippen molar-refractivity contribution in [3.8, 4) is 0 Å². The summed E-state index contributed by atoms with van der Waals surface area (Å²) in [5.41, 5.74) is 0.108. The third kappa shape index (κ3) is 7.20. The van der Waals surface area contributed by atoms with Crippen LogP contribution in [0.25, 0.3) is 0 Å². The van der Waals surface area contributed by atoms with Crippen molar-refractivity contribution in [2.24, 2.45) is 0 Å². The minimum absolute atomic E-state index is 0.133. The average molecular weight is 483 g/mol. The molecule has 1 saturated heterocycles. The normalized spacial score (nSPS) is 27.1. The number of rotatable bonds is 8. The van der Waals surface area contributed by atoms with E-state index >= 15 is 0 Å². The minimum Gasteiger partial charge on any atom is -0.444 e. The number of nitrogens with zero attached hydrogens (tertiary/aromatic N) is 1. The second-order valence-electron chi connectivity index (χ2n) is 10.9. The number of amides is 2. The fourth-order valence-electron chi connectivity index (χ4n) is 5.48. The Labute approximate surface area is 210 Å². The quantitative estimate of drug-likeness (QED) is 0.379. The Hall–Kier alpha value is -2.60. The Morgan fingerprint density at radius 2 is 1.83 bits per heavy atom. The van der Waals surface area contributed by atoms with Crippen LogP contribution in [0.4, 0.5) is 4.79 Å². The molecule has 6 nitrogen and oxygen atoms in total. The SMILES string of the molecule is C=CC[C@]1(NC(=O)C=C)CCCN(C(=O)OC(C)(C)C)[C@H]1COC1CCC(c2ccccc2)CC1. The van der Waals surface area contributed by atoms with Gasteiger partial charge < -0.3 is 19.7 Å². The van der Waals surface area contributed by atoms with Crippen LogP contribution in [0.5, 0.6) is 0 Å². The summed E-state index contributed by atoms with van der Waals surface area (Å²) in [6, 6.07) is 10.3. The molecule has 0 spiro atoms. The Bertz CT molecular complexity index is 870. The molecule has 0 radical (unpaired) electrons. The van der Waals surface area contributed by atoms with E-state index in [2.05, 4.69) is 48.8 Å². The van der Waals surface area contributed by atoms with Gasteiger partial charge in [0.15, 0.2) is 0 Å². The van der Waals surface area contributed by atoms with Gasteiger partial charge in [0.2, 0.25) is 5.91 Å². The number of nitrogens with one attached hydrogen (secondary N) is 1. The van der Waals surface area contributed by atoms with Crippen LogP contribution in [-0.2, 0) is 14.3 Å². The van der Waals surface area contributed by atoms with Crippen molar-refractivity contribution in [2.75, 3.05) is 13.2 Å². The van der Waals surface area contributed by atoms with E-state index in [9.17, 15) is 9.59 Å². The first-order chi connectivity index (χ1) is 16.7. The second-order valence-corrected chi connectivity index (χ2v) is 10.9. The smallest absolute Gasteiger partial charge is 0.410 e. The molecule has 1 aliphatic carbocycles. The molecule has 0 bridgehead atoms. The maximum Gasteiger partial charge on any atom is 0.410 e. The molecule has 2 atom stereocenters. The summed E-state index contributed by atoms with van der Waals surface area (Å²) in [5, 5.41) is 3.14. The average Bonchev–Trinajstić information content (AvgIpc) is 2.83. The van der Waals surface area contributed by atoms with Crippen LogP contribution in [0, 0.1) is 0 Å². The summed E-state index contributed by atoms with van der Waals surface area (Å²) in [5.74, 6) is 0.307. The van der Waals surface area contributed by atoms with Gasteiger partial charge >= 0.3 is 6.09 Å². The molecule has 192 valence electrons. The zero-order chi connectivity index (χ0) is 25.5. The highest BCUT2D eigenvalue weighted by molar-refractivity contribution is 5.87. The molecule has 3 rings (SSSR count). The fraction of sp³-hybridized carbons (Fsp3) is 0.586. The van der Waals surface area contributed by atoms with Crippen molar-refractivity contribution in [1.82, 2.24) is 10.2 Å². The lowest BCUT2D eigenvalue weighted by molar-refractivity contribution is -0.121. The van der Waals surface area contributed by atoms with Gasteiger partial charge in [-0.25, -0.2) is 4.79 Å². The lowest BCUT2D eigenvalue weighted by Gasteiger charge is -2.50. The third-order valence-corrected chi connectivity index (χ3v) is 7.17. The van der Waals surface area contributed by atoms with Gasteiger partial charge in [0.25, 0.3) is 0 Å². The van der Waals surface area contributed by atoms with E-state index in [1.165, 1.54) is 11.6 Å². The summed E-state index contributed by atoms with van der Waals surface area (Å²) < 4.78 is 12.2. The molecule has 1 aliphatic heterocycles. The van der Waals surface area contributed by atoms with E-state index in [1.807, 2.05) is 20.8 Å². The summed E-state index contributed by atoms with van der Waals surface area (Å²) in [7, 11) is 0. The van der Waals surface area contributed by atoms with Crippen LogP contribution in [0.3, 0.4) is 0 Å². The third-order valence-electron chi connectivity index (χ3n) is 7.17. The number of benzene rings is 1. The number of piperidine rings is 1. The van der Waals surface area contributed by atoms with E-state index in [4.69, 9.17) is 9.47 Å². The van der Waals surface area contributed by atoms with Crippen LogP contribution >= 0.6 is 0 Å². The maximum absolute atomic E-state index is 13.2. The molecular formula is C29H42N2O4. The van der Waals surface area contributed by atoms with Gasteiger partial charge in [0.05, 0.1) is 24.3 Å². The lowest BCUT2D eigenvalue weighted by Crippen LogP contribution is -2.67. The van der Waals surface area contributed by atoms with Gasteiger partial charge in [-0.1, -0.05) is 43.0 Å². The predicted octanol–water partition coefficient (Wildman–Crippen LogP) is 5.75. The summed E-state index contributed by atoms with van der Waals surface area (Å²) in [4.78, 5) is 27.4. The molecule has 2 aliphatic rings. The minimum atomic E-state index is -0.677. The van der Waals surface area contributed by atoms with Gasteiger partial charge in [0, 0.05) is 6.54 Å². The fourth-order valence-corrected chi connectivity index (χ4v) is 5.48. The Balaban J connectivity index is 1.75. The largest absolute Gasteiger partial charge is 0.444 e. The van der Waals surface area contributed by atoms with Gasteiger partial charge in [-0.05, 0) is 83.3 Å². The highest BCUT2D eigenvalue weighted by Gasteiger charge is 2.48. The van der Waals surface area contributed by atoms with E-state index in [-0.39, 0.29) is 24.1 Å². The van der Waals surface area contributed by atoms with Gasteiger partial charge in [-0.15, -0.1) is 6.58 Å². The van der Waals surface area contributed by atoms with E-state index in [1.54, 1.807) is 11.0 Å². The summed E-state index contributed by atoms with van der Waals surface area (Å²) in [6.07, 6.45) is 8.98. The van der Waals surface area contributed by atoms with Crippen molar-refractivity contribution in [2.45, 2.75) is 94.9 Å². The van der Waals surface area contributed by atoms with Crippen LogP contribution in [0.15, 0.2) is 55.6 Å². The topological polar surface area (TPSA) is 67.9 Å². The predicted molar refractivity (Wildman–Crippen MR) is 139 cm³/mol. The monoisotopic (exact) mass is 482 g/mol. The van der Waals surface area contributed by atoms with Crippen molar-refractivity contribution in [3.63, 3.8) is 0 Å². The number of hydrogen-bond acceptors (Lipinski definition) is 4. The highest BCUT2D eigenvalue weighted by Crippen LogP contribution is 2.36. The molecule has 0 aromatic heterocycles. The van der Waals surface area contributed by atoms with Crippen LogP contribution in [-0.4, -0.2) is 53.3 Å². The molecule has 1 N–H and O–H groups in total. The number of carbonyl (C=O) groups excluding carboxylic acids is 2. The number of hydrogen-bond donors (Lipinski definition) is 1. The van der Waals surface area contributed by atoms with Crippen LogP contribution in [0.2, 0.25) is 0 Å². The first-order valence-corrected chi connectivity index (χ1v) is 12.9. The number of carbonyl (C=O) groups is 2. The standard InChI is InChI=1S/C29H42N2O4/c1-6-18-29(30-26(32)7-2)19-11-20-31(27(33)35-28(3,4)5)25(29)21-34-24-16-14-23(15-17-24)22-12-9-8-10-13-22/h6-10,12-13,23-25H,1-2,11,14-21H2,3-5H3,(H,30,32)/t23?,24?,25-,29-/m0/s1.